The molecule has 210 valence electrons. The highest BCUT2D eigenvalue weighted by molar-refractivity contribution is 7.92. The average molecular weight is 566 g/mol. The van der Waals surface area contributed by atoms with Gasteiger partial charge in [0.15, 0.2) is 16.7 Å². The zero-order chi connectivity index (χ0) is 29.2. The van der Waals surface area contributed by atoms with Crippen LogP contribution in [0.25, 0.3) is 10.8 Å². The molecule has 0 spiro atoms. The van der Waals surface area contributed by atoms with E-state index in [9.17, 15) is 27.9 Å². The Morgan fingerprint density at radius 2 is 1.68 bits per heavy atom. The van der Waals surface area contributed by atoms with E-state index in [4.69, 9.17) is 17.2 Å². The van der Waals surface area contributed by atoms with Gasteiger partial charge in [-0.1, -0.05) is 54.6 Å². The number of amidine groups is 1. The van der Waals surface area contributed by atoms with Gasteiger partial charge in [0, 0.05) is 11.5 Å². The Kier molecular flexibility index (Phi) is 8.17. The summed E-state index contributed by atoms with van der Waals surface area (Å²) in [6.07, 6.45) is 1.08. The lowest BCUT2D eigenvalue weighted by Gasteiger charge is -2.41. The summed E-state index contributed by atoms with van der Waals surface area (Å²) < 4.78 is 26.1. The maximum atomic E-state index is 13.0. The Labute approximate surface area is 231 Å². The summed E-state index contributed by atoms with van der Waals surface area (Å²) in [4.78, 5) is 41.6. The molecule has 0 aliphatic carbocycles. The maximum absolute atomic E-state index is 13.0. The summed E-state index contributed by atoms with van der Waals surface area (Å²) in [5.41, 5.74) is 16.6. The van der Waals surface area contributed by atoms with Crippen LogP contribution in [0, 0.1) is 0 Å². The molecular weight excluding hydrogens is 534 g/mol. The number of aliphatic imine (C=N–C) groups is 1. The highest BCUT2D eigenvalue weighted by Crippen LogP contribution is 2.37. The quantitative estimate of drug-likeness (QED) is 0.149. The molecule has 12 heteroatoms. The number of piperidine rings is 1. The smallest absolute Gasteiger partial charge is 0.332 e. The van der Waals surface area contributed by atoms with Crippen LogP contribution in [-0.4, -0.2) is 60.5 Å². The fourth-order valence-corrected chi connectivity index (χ4v) is 6.21. The van der Waals surface area contributed by atoms with E-state index in [1.165, 1.54) is 31.2 Å². The Morgan fingerprint density at radius 3 is 2.30 bits per heavy atom. The molecule has 0 aromatic heterocycles. The predicted molar refractivity (Wildman–Crippen MR) is 150 cm³/mol. The molecule has 1 aliphatic rings. The highest BCUT2D eigenvalue weighted by atomic mass is 32.2. The molecule has 1 amide bonds. The number of ketones is 1. The van der Waals surface area contributed by atoms with Crippen LogP contribution < -0.4 is 22.5 Å². The van der Waals surface area contributed by atoms with Crippen molar-refractivity contribution in [3.63, 3.8) is 0 Å². The minimum absolute atomic E-state index is 0.116. The summed E-state index contributed by atoms with van der Waals surface area (Å²) in [6, 6.07) is 16.8. The standard InChI is InChI=1S/C28H31N5O6S/c1-16(29)23(34)28(27(36)37)22(7-4-14-32-28)18-8-10-19(11-9-18)24(30)33-26(35)25(31)40(38,39)21-13-12-17-5-2-3-6-20(17)15-21/h2-3,5-6,8-13,15-16,22,25,32H,4,7,14,29,31H2,1H3,(H,36,37)(H2,30,33,35)/t16-,22?,25?,28?/m0/s1. The van der Waals surface area contributed by atoms with Crippen LogP contribution in [0.2, 0.25) is 0 Å². The van der Waals surface area contributed by atoms with Gasteiger partial charge in [-0.15, -0.1) is 0 Å². The molecule has 0 bridgehead atoms. The van der Waals surface area contributed by atoms with Gasteiger partial charge in [-0.2, -0.15) is 4.99 Å². The molecule has 0 saturated carbocycles. The Balaban J connectivity index is 1.57. The number of benzene rings is 3. The third-order valence-corrected chi connectivity index (χ3v) is 8.98. The Bertz CT molecular complexity index is 1600. The number of nitrogens with one attached hydrogen (secondary N) is 1. The summed E-state index contributed by atoms with van der Waals surface area (Å²) >= 11 is 0. The van der Waals surface area contributed by atoms with Gasteiger partial charge >= 0.3 is 5.97 Å². The molecule has 1 heterocycles. The first-order chi connectivity index (χ1) is 18.9. The number of amides is 1. The van der Waals surface area contributed by atoms with Gasteiger partial charge in [-0.3, -0.25) is 14.9 Å². The van der Waals surface area contributed by atoms with Crippen molar-refractivity contribution in [3.05, 3.63) is 77.9 Å². The number of carboxylic acids is 1. The topological polar surface area (TPSA) is 208 Å². The van der Waals surface area contributed by atoms with E-state index in [2.05, 4.69) is 10.3 Å². The molecule has 3 aromatic rings. The molecular formula is C28H31N5O6S. The van der Waals surface area contributed by atoms with Gasteiger partial charge in [0.2, 0.25) is 9.84 Å². The van der Waals surface area contributed by atoms with Crippen molar-refractivity contribution in [3.8, 4) is 0 Å². The van der Waals surface area contributed by atoms with Crippen LogP contribution in [0.1, 0.15) is 36.8 Å². The van der Waals surface area contributed by atoms with Gasteiger partial charge in [0.05, 0.1) is 10.9 Å². The predicted octanol–water partition coefficient (Wildman–Crippen LogP) is 1.04. The number of aliphatic carboxylic acids is 1. The fourth-order valence-electron chi connectivity index (χ4n) is 5.05. The van der Waals surface area contributed by atoms with Crippen molar-refractivity contribution in [2.45, 2.75) is 47.5 Å². The largest absolute Gasteiger partial charge is 0.480 e. The fraction of sp³-hybridized carbons (Fsp3) is 0.286. The second-order valence-electron chi connectivity index (χ2n) is 9.82. The van der Waals surface area contributed by atoms with E-state index in [0.29, 0.717) is 30.3 Å². The van der Waals surface area contributed by atoms with Crippen molar-refractivity contribution >= 4 is 44.1 Å². The van der Waals surface area contributed by atoms with E-state index in [-0.39, 0.29) is 16.3 Å². The van der Waals surface area contributed by atoms with Crippen LogP contribution in [0.4, 0.5) is 0 Å². The summed E-state index contributed by atoms with van der Waals surface area (Å²) in [6.45, 7) is 1.80. The first-order valence-corrected chi connectivity index (χ1v) is 14.2. The lowest BCUT2D eigenvalue weighted by molar-refractivity contribution is -0.153. The lowest BCUT2D eigenvalue weighted by atomic mass is 9.70. The van der Waals surface area contributed by atoms with Gasteiger partial charge in [-0.25, -0.2) is 13.2 Å². The third kappa shape index (κ3) is 5.26. The maximum Gasteiger partial charge on any atom is 0.332 e. The van der Waals surface area contributed by atoms with Crippen LogP contribution >= 0.6 is 0 Å². The van der Waals surface area contributed by atoms with Crippen molar-refractivity contribution in [2.75, 3.05) is 6.54 Å². The zero-order valence-corrected chi connectivity index (χ0v) is 22.6. The number of hydrogen-bond donors (Lipinski definition) is 5. The number of carbonyl (C=O) groups excluding carboxylic acids is 2. The van der Waals surface area contributed by atoms with E-state index < -0.39 is 50.4 Å². The number of rotatable bonds is 8. The lowest BCUT2D eigenvalue weighted by Crippen LogP contribution is -2.67. The molecule has 0 radical (unpaired) electrons. The average Bonchev–Trinajstić information content (AvgIpc) is 2.95. The number of fused-ring (bicyclic) bond motifs is 1. The molecule has 8 N–H and O–H groups in total. The number of nitrogens with zero attached hydrogens (tertiary/aromatic N) is 1. The van der Waals surface area contributed by atoms with Crippen molar-refractivity contribution in [2.24, 2.45) is 22.2 Å². The molecule has 11 nitrogen and oxygen atoms in total. The highest BCUT2D eigenvalue weighted by Gasteiger charge is 2.54. The van der Waals surface area contributed by atoms with Crippen molar-refractivity contribution in [1.29, 1.82) is 0 Å². The molecule has 1 saturated heterocycles. The number of sulfone groups is 1. The summed E-state index contributed by atoms with van der Waals surface area (Å²) in [5.74, 6) is -4.04. The molecule has 4 atom stereocenters. The van der Waals surface area contributed by atoms with Gasteiger partial charge in [0.25, 0.3) is 5.91 Å². The Morgan fingerprint density at radius 1 is 1.02 bits per heavy atom. The van der Waals surface area contributed by atoms with Crippen LogP contribution in [0.3, 0.4) is 0 Å². The molecule has 3 aromatic carbocycles. The second-order valence-corrected chi connectivity index (χ2v) is 11.9. The first-order valence-electron chi connectivity index (χ1n) is 12.6. The van der Waals surface area contributed by atoms with E-state index >= 15 is 0 Å². The molecule has 1 fully saturated rings. The van der Waals surface area contributed by atoms with Crippen molar-refractivity contribution < 1.29 is 27.9 Å². The van der Waals surface area contributed by atoms with Crippen molar-refractivity contribution in [1.82, 2.24) is 5.32 Å². The molecule has 1 aliphatic heterocycles. The van der Waals surface area contributed by atoms with E-state index in [0.717, 1.165) is 5.39 Å². The zero-order valence-electron chi connectivity index (χ0n) is 21.8. The number of carbonyl (C=O) groups is 3. The van der Waals surface area contributed by atoms with Crippen LogP contribution in [0.5, 0.6) is 0 Å². The second kappa shape index (κ2) is 11.3. The minimum Gasteiger partial charge on any atom is -0.480 e. The molecule has 3 unspecified atom stereocenters. The molecule has 40 heavy (non-hydrogen) atoms. The Hall–Kier alpha value is -3.97. The SMILES string of the molecule is C[C@H](N)C(=O)C1(C(=O)O)NCCCC1c1ccc(C(N)=NC(=O)C(N)S(=O)(=O)c2ccc3ccccc3c2)cc1. The first kappa shape index (κ1) is 29.0. The number of nitrogens with two attached hydrogens (primary N) is 3. The normalized spacial score (nSPS) is 21.5. The van der Waals surface area contributed by atoms with E-state index in [1.54, 1.807) is 30.3 Å². The van der Waals surface area contributed by atoms with Gasteiger partial charge in [0.1, 0.15) is 5.84 Å². The van der Waals surface area contributed by atoms with Gasteiger partial charge < -0.3 is 22.3 Å². The van der Waals surface area contributed by atoms with Gasteiger partial charge in [-0.05, 0) is 54.8 Å². The summed E-state index contributed by atoms with van der Waals surface area (Å²) in [7, 11) is -4.25. The minimum atomic E-state index is -4.25. The number of carboxylic acid groups (broad SMARTS) is 1. The number of hydrogen-bond acceptors (Lipinski definition) is 8. The monoisotopic (exact) mass is 565 g/mol. The number of Topliss-reactive ketones (excluding diaryl/α,β-unsaturated/α-hetero) is 1. The third-order valence-electron chi connectivity index (χ3n) is 7.20. The van der Waals surface area contributed by atoms with Crippen LogP contribution in [0.15, 0.2) is 76.6 Å². The summed E-state index contributed by atoms with van der Waals surface area (Å²) in [5, 5.41) is 12.5. The van der Waals surface area contributed by atoms with Crippen LogP contribution in [-0.2, 0) is 24.2 Å². The van der Waals surface area contributed by atoms with E-state index in [1.807, 2.05) is 12.1 Å². The molecule has 4 rings (SSSR count).